The number of hydrogen-bond donors (Lipinski definition) is 2. The van der Waals surface area contributed by atoms with Gasteiger partial charge in [0.1, 0.15) is 0 Å². The molecule has 8 heteroatoms. The molecule has 0 saturated heterocycles. The third kappa shape index (κ3) is 4.73. The summed E-state index contributed by atoms with van der Waals surface area (Å²) in [5, 5.41) is 3.14. The summed E-state index contributed by atoms with van der Waals surface area (Å²) in [6, 6.07) is 14.0. The van der Waals surface area contributed by atoms with Crippen molar-refractivity contribution in [3.05, 3.63) is 75.4 Å². The zero-order chi connectivity index (χ0) is 25.1. The highest BCUT2D eigenvalue weighted by molar-refractivity contribution is 7.98. The van der Waals surface area contributed by atoms with Crippen LogP contribution in [0.25, 0.3) is 11.1 Å². The van der Waals surface area contributed by atoms with Gasteiger partial charge in [-0.1, -0.05) is 18.2 Å². The molecule has 0 spiro atoms. The molecule has 4 rings (SSSR count). The standard InChI is InChI=1S/C27H27NO5S2/c1-31-22-14-18-15-10-12-24(35-4)21(29)13-19(15)20(11-9-16(18)25(32-2)26(22)33-3)28-27(30)17-7-5-6-8-23(17)34/h5-8,10,12-14,20,34H,9,11H2,1-4H3,(H,28,30)/t20-/m0/s1. The van der Waals surface area contributed by atoms with E-state index in [0.717, 1.165) is 22.3 Å². The van der Waals surface area contributed by atoms with Gasteiger partial charge in [0, 0.05) is 10.5 Å². The van der Waals surface area contributed by atoms with Crippen LogP contribution in [0.5, 0.6) is 17.2 Å². The molecule has 1 N–H and O–H groups in total. The SMILES string of the molecule is COc1cc2c(c(OC)c1OC)CC[C@H](NC(=O)c1ccccc1S)c1cc(=O)c(SC)ccc1-2. The molecule has 0 saturated carbocycles. The molecule has 3 aromatic rings. The highest BCUT2D eigenvalue weighted by atomic mass is 32.2. The summed E-state index contributed by atoms with van der Waals surface area (Å²) < 4.78 is 17.0. The van der Waals surface area contributed by atoms with Crippen molar-refractivity contribution in [2.75, 3.05) is 27.6 Å². The van der Waals surface area contributed by atoms with E-state index in [9.17, 15) is 9.59 Å². The number of nitrogens with one attached hydrogen (secondary N) is 1. The summed E-state index contributed by atoms with van der Waals surface area (Å²) in [6.45, 7) is 0. The fourth-order valence-corrected chi connectivity index (χ4v) is 5.26. The maximum atomic E-state index is 13.2. The van der Waals surface area contributed by atoms with E-state index >= 15 is 0 Å². The first-order chi connectivity index (χ1) is 16.9. The summed E-state index contributed by atoms with van der Waals surface area (Å²) in [5.74, 6) is 1.37. The first-order valence-corrected chi connectivity index (χ1v) is 12.7. The molecule has 1 aliphatic carbocycles. The molecule has 1 atom stereocenters. The third-order valence-electron chi connectivity index (χ3n) is 6.20. The second kappa shape index (κ2) is 10.7. The summed E-state index contributed by atoms with van der Waals surface area (Å²) in [6.07, 6.45) is 3.02. The fourth-order valence-electron chi connectivity index (χ4n) is 4.53. The maximum Gasteiger partial charge on any atom is 0.252 e. The summed E-state index contributed by atoms with van der Waals surface area (Å²) in [7, 11) is 4.74. The Bertz CT molecular complexity index is 1340. The largest absolute Gasteiger partial charge is 0.493 e. The molecule has 0 bridgehead atoms. The van der Waals surface area contributed by atoms with Crippen molar-refractivity contribution in [3.63, 3.8) is 0 Å². The molecular formula is C27H27NO5S2. The Morgan fingerprint density at radius 1 is 1.00 bits per heavy atom. The van der Waals surface area contributed by atoms with Gasteiger partial charge >= 0.3 is 0 Å². The fraction of sp³-hybridized carbons (Fsp3) is 0.259. The lowest BCUT2D eigenvalue weighted by molar-refractivity contribution is 0.0932. The second-order valence-electron chi connectivity index (χ2n) is 8.03. The quantitative estimate of drug-likeness (QED) is 0.353. The highest BCUT2D eigenvalue weighted by Crippen LogP contribution is 2.49. The number of fused-ring (bicyclic) bond motifs is 3. The van der Waals surface area contributed by atoms with Crippen LogP contribution < -0.4 is 25.0 Å². The van der Waals surface area contributed by atoms with Crippen LogP contribution in [0.15, 0.2) is 63.1 Å². The van der Waals surface area contributed by atoms with Gasteiger partial charge in [-0.05, 0) is 66.1 Å². The molecule has 0 aromatic heterocycles. The predicted molar refractivity (Wildman–Crippen MR) is 142 cm³/mol. The van der Waals surface area contributed by atoms with Crippen molar-refractivity contribution in [2.24, 2.45) is 0 Å². The van der Waals surface area contributed by atoms with Crippen molar-refractivity contribution in [1.82, 2.24) is 5.32 Å². The van der Waals surface area contributed by atoms with Crippen molar-refractivity contribution < 1.29 is 19.0 Å². The number of thioether (sulfide) groups is 1. The molecule has 6 nitrogen and oxygen atoms in total. The molecule has 1 amide bonds. The van der Waals surface area contributed by atoms with E-state index in [1.807, 2.05) is 30.5 Å². The van der Waals surface area contributed by atoms with E-state index < -0.39 is 6.04 Å². The van der Waals surface area contributed by atoms with Crippen molar-refractivity contribution in [3.8, 4) is 28.4 Å². The van der Waals surface area contributed by atoms with Crippen LogP contribution in [-0.2, 0) is 6.42 Å². The van der Waals surface area contributed by atoms with E-state index in [4.69, 9.17) is 14.2 Å². The van der Waals surface area contributed by atoms with Crippen LogP contribution in [0.1, 0.15) is 33.9 Å². The monoisotopic (exact) mass is 509 g/mol. The minimum Gasteiger partial charge on any atom is -0.493 e. The first kappa shape index (κ1) is 25.0. The van der Waals surface area contributed by atoms with E-state index in [-0.39, 0.29) is 11.3 Å². The van der Waals surface area contributed by atoms with Gasteiger partial charge in [0.2, 0.25) is 5.75 Å². The number of hydrogen-bond acceptors (Lipinski definition) is 7. The van der Waals surface area contributed by atoms with Gasteiger partial charge in [0.15, 0.2) is 16.9 Å². The molecule has 3 aromatic carbocycles. The van der Waals surface area contributed by atoms with Crippen LogP contribution in [0.3, 0.4) is 0 Å². The highest BCUT2D eigenvalue weighted by Gasteiger charge is 2.29. The molecule has 0 fully saturated rings. The molecule has 35 heavy (non-hydrogen) atoms. The predicted octanol–water partition coefficient (Wildman–Crippen LogP) is 5.17. The van der Waals surface area contributed by atoms with Crippen molar-refractivity contribution >= 4 is 30.3 Å². The van der Waals surface area contributed by atoms with Gasteiger partial charge in [-0.2, -0.15) is 0 Å². The Morgan fingerprint density at radius 3 is 2.40 bits per heavy atom. The Hall–Kier alpha value is -3.10. The van der Waals surface area contributed by atoms with E-state index in [2.05, 4.69) is 17.9 Å². The minimum absolute atomic E-state index is 0.0940. The molecule has 0 radical (unpaired) electrons. The average molecular weight is 510 g/mol. The summed E-state index contributed by atoms with van der Waals surface area (Å²) >= 11 is 5.83. The minimum atomic E-state index is -0.408. The zero-order valence-electron chi connectivity index (χ0n) is 20.0. The number of methoxy groups -OCH3 is 3. The van der Waals surface area contributed by atoms with E-state index in [1.165, 1.54) is 11.8 Å². The maximum absolute atomic E-state index is 13.2. The number of thiol groups is 1. The molecule has 0 heterocycles. The lowest BCUT2D eigenvalue weighted by Gasteiger charge is -2.19. The second-order valence-corrected chi connectivity index (χ2v) is 9.36. The number of rotatable bonds is 6. The Kier molecular flexibility index (Phi) is 7.62. The molecule has 182 valence electrons. The van der Waals surface area contributed by atoms with Gasteiger partial charge in [0.25, 0.3) is 5.91 Å². The normalized spacial score (nSPS) is 14.3. The van der Waals surface area contributed by atoms with Crippen LogP contribution in [0, 0.1) is 0 Å². The van der Waals surface area contributed by atoms with Crippen LogP contribution in [0.2, 0.25) is 0 Å². The van der Waals surface area contributed by atoms with Crippen LogP contribution >= 0.6 is 24.4 Å². The molecular weight excluding hydrogens is 482 g/mol. The van der Waals surface area contributed by atoms with Gasteiger partial charge in [-0.3, -0.25) is 9.59 Å². The van der Waals surface area contributed by atoms with Crippen LogP contribution in [-0.4, -0.2) is 33.5 Å². The van der Waals surface area contributed by atoms with E-state index in [1.54, 1.807) is 45.6 Å². The van der Waals surface area contributed by atoms with Gasteiger partial charge in [-0.25, -0.2) is 0 Å². The summed E-state index contributed by atoms with van der Waals surface area (Å²) in [5.41, 5.74) is 3.77. The number of carbonyl (C=O) groups is 1. The molecule has 1 aliphatic rings. The lowest BCUT2D eigenvalue weighted by atomic mass is 9.96. The zero-order valence-corrected chi connectivity index (χ0v) is 21.7. The lowest BCUT2D eigenvalue weighted by Crippen LogP contribution is -2.29. The van der Waals surface area contributed by atoms with E-state index in [0.29, 0.717) is 45.4 Å². The van der Waals surface area contributed by atoms with Gasteiger partial charge in [-0.15, -0.1) is 24.4 Å². The molecule has 0 unspecified atom stereocenters. The number of carbonyl (C=O) groups excluding carboxylic acids is 1. The average Bonchev–Trinajstić information content (AvgIpc) is 3.11. The molecule has 0 aliphatic heterocycles. The first-order valence-electron chi connectivity index (χ1n) is 11.1. The Morgan fingerprint density at radius 2 is 1.74 bits per heavy atom. The Balaban J connectivity index is 1.94. The van der Waals surface area contributed by atoms with Crippen molar-refractivity contribution in [2.45, 2.75) is 28.7 Å². The van der Waals surface area contributed by atoms with Crippen molar-refractivity contribution in [1.29, 1.82) is 0 Å². The van der Waals surface area contributed by atoms with Gasteiger partial charge < -0.3 is 19.5 Å². The number of amides is 1. The van der Waals surface area contributed by atoms with Crippen LogP contribution in [0.4, 0.5) is 0 Å². The summed E-state index contributed by atoms with van der Waals surface area (Å²) in [4.78, 5) is 27.5. The number of benzene rings is 2. The Labute approximate surface area is 214 Å². The number of ether oxygens (including phenoxy) is 3. The van der Waals surface area contributed by atoms with Gasteiger partial charge in [0.05, 0.1) is 37.8 Å². The third-order valence-corrected chi connectivity index (χ3v) is 7.36. The smallest absolute Gasteiger partial charge is 0.252 e. The topological polar surface area (TPSA) is 73.9 Å².